The van der Waals surface area contributed by atoms with Crippen LogP contribution in [0.25, 0.3) is 10.9 Å². The SMILES string of the molecule is COc1cccc2c1C(=O)c1c(O)c3c(c(O)c1C2=O)C[C@@](O)(C(=O)COC(=O)CCCC(=O)NCCCCC(NC(=O)C(Cc1ccc(O)cc1)NC(=O)C(CO)NC(=O)C(Cc1c[nH]c2ccccc12)NC(=O)C(Cc1c[nH]cn1)NC(=O)C1CCC(=O)N1)C(=O)NC(CC(C)C)C(=O)NC(CCCNC(=N)N)C(=O)N1CCCC1C(=O)NCC(N)=O)CC3OC1CC(N)C(O)C(C)O1. The van der Waals surface area contributed by atoms with Crippen LogP contribution in [0.1, 0.15) is 183 Å². The van der Waals surface area contributed by atoms with E-state index >= 15 is 9.59 Å². The third kappa shape index (κ3) is 26.1. The van der Waals surface area contributed by atoms with E-state index in [0.717, 1.165) is 0 Å². The van der Waals surface area contributed by atoms with Crippen molar-refractivity contribution >= 4 is 111 Å². The second-order valence-electron chi connectivity index (χ2n) is 34.8. The smallest absolute Gasteiger partial charge is 0.306 e. The van der Waals surface area contributed by atoms with Crippen LogP contribution >= 0.6 is 0 Å². The highest BCUT2D eigenvalue weighted by Crippen LogP contribution is 2.53. The van der Waals surface area contributed by atoms with E-state index in [2.05, 4.69) is 73.4 Å². The number of guanidine groups is 1. The molecule has 15 atom stereocenters. The number of amides is 12. The number of hydrogen-bond donors (Lipinski definition) is 23. The number of phenols is 3. The number of ether oxygens (including phenoxy) is 4. The second-order valence-corrected chi connectivity index (χ2v) is 34.8. The van der Waals surface area contributed by atoms with Gasteiger partial charge in [-0.1, -0.05) is 56.3 Å². The highest BCUT2D eigenvalue weighted by atomic mass is 16.7. The number of benzene rings is 4. The second kappa shape index (κ2) is 46.8. The van der Waals surface area contributed by atoms with Gasteiger partial charge in [-0.15, -0.1) is 0 Å². The van der Waals surface area contributed by atoms with E-state index in [1.54, 1.807) is 44.3 Å². The number of unbranched alkanes of at least 4 members (excludes halogenated alkanes) is 1. The zero-order valence-corrected chi connectivity index (χ0v) is 75.4. The van der Waals surface area contributed by atoms with Gasteiger partial charge in [-0.3, -0.25) is 82.1 Å². The molecular weight excluding hydrogens is 1780 g/mol. The van der Waals surface area contributed by atoms with Crippen molar-refractivity contribution in [2.45, 2.75) is 233 Å². The summed E-state index contributed by atoms with van der Waals surface area (Å²) in [5.41, 5.74) is 14.0. The summed E-state index contributed by atoms with van der Waals surface area (Å²) in [6, 6.07) is 2.47. The molecule has 12 amide bonds. The van der Waals surface area contributed by atoms with Crippen molar-refractivity contribution in [2.75, 3.05) is 46.5 Å². The number of phenolic OH excluding ortho intramolecular Hbond substituents is 3. The van der Waals surface area contributed by atoms with Crippen LogP contribution in [0.5, 0.6) is 23.0 Å². The number of primary amides is 1. The molecule has 732 valence electrons. The molecule has 0 spiro atoms. The number of aromatic amines is 2. The summed E-state index contributed by atoms with van der Waals surface area (Å²) in [7, 11) is 1.26. The number of para-hydroxylation sites is 1. The molecule has 0 bridgehead atoms. The number of ketones is 3. The predicted molar refractivity (Wildman–Crippen MR) is 480 cm³/mol. The lowest BCUT2D eigenvalue weighted by atomic mass is 9.72. The van der Waals surface area contributed by atoms with E-state index < -0.39 is 247 Å². The van der Waals surface area contributed by atoms with E-state index in [0.29, 0.717) is 34.1 Å². The van der Waals surface area contributed by atoms with Crippen LogP contribution in [-0.4, -0.2) is 282 Å². The zero-order valence-electron chi connectivity index (χ0n) is 75.4. The summed E-state index contributed by atoms with van der Waals surface area (Å²) in [5, 5.41) is 106. The van der Waals surface area contributed by atoms with E-state index in [1.165, 1.54) is 73.9 Å². The monoisotopic (exact) mass is 1890 g/mol. The molecule has 3 saturated heterocycles. The number of nitrogens with one attached hydrogen (secondary N) is 14. The molecule has 45 heteroatoms. The molecule has 3 fully saturated rings. The summed E-state index contributed by atoms with van der Waals surface area (Å²) in [6.07, 6.45) is -3.54. The molecule has 2 aromatic heterocycles. The fourth-order valence-corrected chi connectivity index (χ4v) is 17.2. The van der Waals surface area contributed by atoms with Crippen LogP contribution in [0.15, 0.2) is 85.5 Å². The molecule has 11 rings (SSSR count). The van der Waals surface area contributed by atoms with Gasteiger partial charge in [0.25, 0.3) is 0 Å². The lowest BCUT2D eigenvalue weighted by molar-refractivity contribution is -0.247. The number of fused-ring (bicyclic) bond motifs is 4. The molecule has 5 aliphatic rings. The van der Waals surface area contributed by atoms with Crippen LogP contribution in [0.3, 0.4) is 0 Å². The summed E-state index contributed by atoms with van der Waals surface area (Å²) >= 11 is 0. The number of H-pyrrole nitrogens is 2. The Morgan fingerprint density at radius 1 is 0.691 bits per heavy atom. The lowest BCUT2D eigenvalue weighted by Gasteiger charge is -2.42. The first-order valence-corrected chi connectivity index (χ1v) is 44.9. The van der Waals surface area contributed by atoms with Crippen LogP contribution in [-0.2, 0) is 107 Å². The Morgan fingerprint density at radius 3 is 2.01 bits per heavy atom. The third-order valence-corrected chi connectivity index (χ3v) is 24.4. The largest absolute Gasteiger partial charge is 0.508 e. The third-order valence-electron chi connectivity index (χ3n) is 24.4. The summed E-state index contributed by atoms with van der Waals surface area (Å²) in [4.78, 5) is 236. The topological polar surface area (TPSA) is 713 Å². The van der Waals surface area contributed by atoms with Gasteiger partial charge in [0.2, 0.25) is 82.5 Å². The molecule has 3 aliphatic heterocycles. The van der Waals surface area contributed by atoms with Gasteiger partial charge in [-0.25, -0.2) is 4.98 Å². The molecule has 26 N–H and O–H groups in total. The maximum atomic E-state index is 15.3. The van der Waals surface area contributed by atoms with Gasteiger partial charge in [0.05, 0.1) is 67.3 Å². The van der Waals surface area contributed by atoms with E-state index in [9.17, 15) is 97.8 Å². The molecule has 45 nitrogen and oxygen atoms in total. The van der Waals surface area contributed by atoms with Crippen molar-refractivity contribution in [3.8, 4) is 23.0 Å². The minimum absolute atomic E-state index is 0.00468. The van der Waals surface area contributed by atoms with Crippen molar-refractivity contribution in [1.82, 2.24) is 78.3 Å². The number of Topliss-reactive ketones (excluding diaryl/α,β-unsaturated/α-hetero) is 1. The fourth-order valence-electron chi connectivity index (χ4n) is 17.2. The maximum Gasteiger partial charge on any atom is 0.306 e. The normalized spacial score (nSPS) is 20.3. The molecule has 5 heterocycles. The van der Waals surface area contributed by atoms with Gasteiger partial charge in [0, 0.05) is 123 Å². The van der Waals surface area contributed by atoms with Gasteiger partial charge in [0.1, 0.15) is 83.0 Å². The van der Waals surface area contributed by atoms with Gasteiger partial charge in [0.15, 0.2) is 24.6 Å². The first-order chi connectivity index (χ1) is 64.8. The number of likely N-dealkylation sites (tertiary alicyclic amines) is 1. The Morgan fingerprint density at radius 2 is 1.34 bits per heavy atom. The minimum Gasteiger partial charge on any atom is -0.508 e. The van der Waals surface area contributed by atoms with Gasteiger partial charge in [-0.05, 0) is 112 Å². The van der Waals surface area contributed by atoms with Gasteiger partial charge >= 0.3 is 5.97 Å². The number of carbonyl (C=O) groups excluding carboxylic acids is 16. The summed E-state index contributed by atoms with van der Waals surface area (Å²) in [6.45, 7) is 2.25. The molecule has 0 radical (unpaired) electrons. The first kappa shape index (κ1) is 102. The number of carbonyl (C=O) groups is 16. The number of hydrogen-bond acceptors (Lipinski definition) is 29. The Bertz CT molecular complexity index is 5450. The van der Waals surface area contributed by atoms with Crippen molar-refractivity contribution in [3.05, 3.63) is 136 Å². The number of aliphatic hydroxyl groups excluding tert-OH is 2. The van der Waals surface area contributed by atoms with Crippen LogP contribution < -0.4 is 80.4 Å². The predicted octanol–water partition coefficient (Wildman–Crippen LogP) is -2.79. The average Bonchev–Trinajstić information content (AvgIpc) is 0.863. The molecule has 14 unspecified atom stereocenters. The Labute approximate surface area is 779 Å². The van der Waals surface area contributed by atoms with Gasteiger partial charge in [-0.2, -0.15) is 0 Å². The van der Waals surface area contributed by atoms with Crippen LogP contribution in [0, 0.1) is 11.3 Å². The van der Waals surface area contributed by atoms with Crippen molar-refractivity contribution in [3.63, 3.8) is 0 Å². The number of methoxy groups -OCH3 is 1. The van der Waals surface area contributed by atoms with E-state index in [4.69, 9.17) is 41.6 Å². The Kier molecular flexibility index (Phi) is 35.2. The zero-order chi connectivity index (χ0) is 98.5. The summed E-state index contributed by atoms with van der Waals surface area (Å²) < 4.78 is 22.9. The molecular formula is C91H117N19O26. The highest BCUT2D eigenvalue weighted by Gasteiger charge is 2.52. The number of nitrogens with two attached hydrogens (primary N) is 3. The number of nitrogens with zero attached hydrogens (tertiary/aromatic N) is 2. The number of aliphatic hydroxyl groups is 3. The standard InChI is InChI=1S/C91H117N19O26/c1-44(2)31-58(83(125)104-57(17-11-29-98-90(94)95)89(131)110-30-12-18-63(110)88(130)100-40-67(93)114)105-81(123)55(16-7-8-28-97-68(115)20-10-21-70(117)134-42-66(113)91(132)36-52-73(65(37-91)136-71-35-53(92)76(118)45(3)135-71)80(122)75-74(78(52)120)77(119)51-14-9-19-64(133-4)72(51)79(75)121)103-84(126)59(32-46-22-24-49(112)25-23-46)106-87(129)62(41-111)109-85(127)60(33-47-38-99-54-15-6-5-13-50(47)54)107-86(128)61(34-48-39-96-43-101-48)108-82(124)56-26-27-69(116)102-56/h5-6,9,13-15,19,22-25,38-39,43-45,53,55-63,65,71,76,99,111-112,118,120,122,132H,7-8,10-12,16-18,20-21,26-37,40-42,92H2,1-4H3,(H2,93,114)(H,96,101)(H,97,115)(H,100,130)(H,102,116)(H,103,126)(H,104,125)(H,105,123)(H,106,129)(H,107,128)(H,108,124)(H,109,127)(H4,94,95,98)/t45?,53?,55?,56?,57?,58?,59?,60?,61?,62?,63?,65?,71?,76?,91-/m0/s1. The first-order valence-electron chi connectivity index (χ1n) is 44.9. The van der Waals surface area contributed by atoms with Crippen LogP contribution in [0.2, 0.25) is 0 Å². The number of imidazole rings is 1. The molecule has 4 aromatic carbocycles. The number of aromatic nitrogens is 3. The number of rotatable bonds is 46. The van der Waals surface area contributed by atoms with Crippen molar-refractivity contribution in [1.29, 1.82) is 5.41 Å². The Hall–Kier alpha value is -14.0. The maximum absolute atomic E-state index is 15.3. The number of esters is 1. The van der Waals surface area contributed by atoms with Crippen molar-refractivity contribution < 1.29 is 126 Å². The fraction of sp³-hybridized carbons (Fsp3) is 0.495. The van der Waals surface area contributed by atoms with Gasteiger partial charge < -0.3 is 140 Å². The molecule has 6 aromatic rings. The van der Waals surface area contributed by atoms with E-state index in [1.807, 2.05) is 0 Å². The highest BCUT2D eigenvalue weighted by molar-refractivity contribution is 6.31. The average molecular weight is 1890 g/mol. The minimum atomic E-state index is -2.58. The quantitative estimate of drug-likeness (QED) is 0.00603. The lowest BCUT2D eigenvalue weighted by Crippen LogP contribution is -2.61. The Balaban J connectivity index is 0.786. The van der Waals surface area contributed by atoms with Crippen molar-refractivity contribution in [2.24, 2.45) is 23.1 Å². The number of aromatic hydroxyl groups is 3. The summed E-state index contributed by atoms with van der Waals surface area (Å²) in [5.74, 6) is -16.6. The molecule has 0 saturated carbocycles. The molecule has 136 heavy (non-hydrogen) atoms. The molecule has 2 aliphatic carbocycles. The van der Waals surface area contributed by atoms with E-state index in [-0.39, 0.29) is 161 Å². The van der Waals surface area contributed by atoms with Crippen LogP contribution in [0.4, 0.5) is 0 Å².